The van der Waals surface area contributed by atoms with E-state index in [-0.39, 0.29) is 0 Å². The molecule has 0 spiro atoms. The molecule has 0 saturated heterocycles. The molecular formula is C15H29N5S. The summed E-state index contributed by atoms with van der Waals surface area (Å²) in [7, 11) is 0. The second-order valence-corrected chi connectivity index (χ2v) is 7.58. The van der Waals surface area contributed by atoms with Gasteiger partial charge in [-0.05, 0) is 49.0 Å². The summed E-state index contributed by atoms with van der Waals surface area (Å²) in [6.07, 6.45) is 7.61. The average molecular weight is 311 g/mol. The number of aromatic nitrogens is 4. The maximum absolute atomic E-state index is 4.18. The van der Waals surface area contributed by atoms with Crippen LogP contribution in [0.3, 0.4) is 0 Å². The predicted molar refractivity (Wildman–Crippen MR) is 87.6 cm³/mol. The summed E-state index contributed by atoms with van der Waals surface area (Å²) in [5.74, 6) is 1.82. The van der Waals surface area contributed by atoms with Crippen molar-refractivity contribution in [3.63, 3.8) is 0 Å². The third-order valence-corrected chi connectivity index (χ3v) is 5.07. The highest BCUT2D eigenvalue weighted by molar-refractivity contribution is 7.99. The van der Waals surface area contributed by atoms with Gasteiger partial charge >= 0.3 is 0 Å². The summed E-state index contributed by atoms with van der Waals surface area (Å²) in [4.78, 5) is 0. The molecule has 0 aromatic carbocycles. The maximum atomic E-state index is 4.18. The van der Waals surface area contributed by atoms with Gasteiger partial charge < -0.3 is 5.32 Å². The van der Waals surface area contributed by atoms with E-state index in [1.807, 2.05) is 4.68 Å². The standard InChI is InChI=1S/C15H29N5S/c1-12(2)8-9-13(3)16-10-11-21-15-17-18-19-20(15)14-6-4-5-7-14/h12-14,16H,4-11H2,1-3H3. The van der Waals surface area contributed by atoms with Gasteiger partial charge in [-0.15, -0.1) is 5.10 Å². The fraction of sp³-hybridized carbons (Fsp3) is 0.933. The van der Waals surface area contributed by atoms with Gasteiger partial charge in [0.25, 0.3) is 0 Å². The molecule has 0 aliphatic heterocycles. The van der Waals surface area contributed by atoms with Gasteiger partial charge in [0.2, 0.25) is 5.16 Å². The maximum Gasteiger partial charge on any atom is 0.209 e. The molecule has 21 heavy (non-hydrogen) atoms. The Labute approximate surface area is 132 Å². The first-order chi connectivity index (χ1) is 10.2. The van der Waals surface area contributed by atoms with E-state index in [0.717, 1.165) is 23.4 Å². The Hall–Kier alpha value is -0.620. The second-order valence-electron chi connectivity index (χ2n) is 6.52. The van der Waals surface area contributed by atoms with Crippen molar-refractivity contribution in [3.8, 4) is 0 Å². The van der Waals surface area contributed by atoms with Crippen molar-refractivity contribution >= 4 is 11.8 Å². The van der Waals surface area contributed by atoms with Crippen molar-refractivity contribution in [3.05, 3.63) is 0 Å². The molecule has 1 aromatic heterocycles. The lowest BCUT2D eigenvalue weighted by Gasteiger charge is -2.15. The van der Waals surface area contributed by atoms with Crippen molar-refractivity contribution in [1.82, 2.24) is 25.5 Å². The van der Waals surface area contributed by atoms with Crippen LogP contribution in [-0.4, -0.2) is 38.5 Å². The lowest BCUT2D eigenvalue weighted by Crippen LogP contribution is -2.28. The topological polar surface area (TPSA) is 55.6 Å². The van der Waals surface area contributed by atoms with E-state index in [0.29, 0.717) is 12.1 Å². The molecule has 0 amide bonds. The van der Waals surface area contributed by atoms with Crippen molar-refractivity contribution in [2.45, 2.75) is 76.5 Å². The van der Waals surface area contributed by atoms with E-state index in [4.69, 9.17) is 0 Å². The third kappa shape index (κ3) is 5.58. The number of tetrazole rings is 1. The zero-order valence-corrected chi connectivity index (χ0v) is 14.4. The van der Waals surface area contributed by atoms with Crippen LogP contribution in [0.4, 0.5) is 0 Å². The Balaban J connectivity index is 1.66. The fourth-order valence-electron chi connectivity index (χ4n) is 2.79. The van der Waals surface area contributed by atoms with Gasteiger partial charge in [0.1, 0.15) is 0 Å². The van der Waals surface area contributed by atoms with Crippen molar-refractivity contribution < 1.29 is 0 Å². The molecule has 1 aliphatic rings. The smallest absolute Gasteiger partial charge is 0.209 e. The lowest BCUT2D eigenvalue weighted by atomic mass is 10.0. The molecule has 6 heteroatoms. The molecule has 1 unspecified atom stereocenters. The van der Waals surface area contributed by atoms with E-state index in [1.165, 1.54) is 38.5 Å². The largest absolute Gasteiger partial charge is 0.313 e. The minimum Gasteiger partial charge on any atom is -0.313 e. The van der Waals surface area contributed by atoms with Crippen LogP contribution in [0.2, 0.25) is 0 Å². The summed E-state index contributed by atoms with van der Waals surface area (Å²) >= 11 is 1.77. The number of nitrogens with one attached hydrogen (secondary N) is 1. The molecule has 0 bridgehead atoms. The predicted octanol–water partition coefficient (Wildman–Crippen LogP) is 3.29. The number of hydrogen-bond donors (Lipinski definition) is 1. The summed E-state index contributed by atoms with van der Waals surface area (Å²) in [6, 6.07) is 1.12. The van der Waals surface area contributed by atoms with Crippen LogP contribution in [0.1, 0.15) is 65.3 Å². The summed E-state index contributed by atoms with van der Waals surface area (Å²) < 4.78 is 2.04. The van der Waals surface area contributed by atoms with E-state index < -0.39 is 0 Å². The van der Waals surface area contributed by atoms with Crippen molar-refractivity contribution in [2.75, 3.05) is 12.3 Å². The Morgan fingerprint density at radius 1 is 1.24 bits per heavy atom. The molecule has 1 saturated carbocycles. The number of hydrogen-bond acceptors (Lipinski definition) is 5. The monoisotopic (exact) mass is 311 g/mol. The van der Waals surface area contributed by atoms with Gasteiger partial charge in [0.05, 0.1) is 6.04 Å². The van der Waals surface area contributed by atoms with Gasteiger partial charge in [-0.25, -0.2) is 4.68 Å². The second kappa shape index (κ2) is 8.73. The molecule has 0 radical (unpaired) electrons. The molecule has 2 rings (SSSR count). The zero-order valence-electron chi connectivity index (χ0n) is 13.6. The van der Waals surface area contributed by atoms with Gasteiger partial charge in [-0.3, -0.25) is 0 Å². The Kier molecular flexibility index (Phi) is 6.96. The fourth-order valence-corrected chi connectivity index (χ4v) is 3.61. The molecule has 5 nitrogen and oxygen atoms in total. The van der Waals surface area contributed by atoms with Crippen LogP contribution < -0.4 is 5.32 Å². The highest BCUT2D eigenvalue weighted by Crippen LogP contribution is 2.31. The first-order valence-electron chi connectivity index (χ1n) is 8.31. The first kappa shape index (κ1) is 16.7. The van der Waals surface area contributed by atoms with Crippen LogP contribution in [0.5, 0.6) is 0 Å². The molecule has 1 aliphatic carbocycles. The van der Waals surface area contributed by atoms with Gasteiger partial charge in [0.15, 0.2) is 0 Å². The van der Waals surface area contributed by atoms with Crippen molar-refractivity contribution in [1.29, 1.82) is 0 Å². The van der Waals surface area contributed by atoms with Crippen molar-refractivity contribution in [2.24, 2.45) is 5.92 Å². The molecule has 1 heterocycles. The molecular weight excluding hydrogens is 282 g/mol. The lowest BCUT2D eigenvalue weighted by molar-refractivity contribution is 0.423. The first-order valence-corrected chi connectivity index (χ1v) is 9.29. The number of rotatable bonds is 9. The summed E-state index contributed by atoms with van der Waals surface area (Å²) in [5.41, 5.74) is 0. The molecule has 1 atom stereocenters. The van der Waals surface area contributed by atoms with E-state index in [9.17, 15) is 0 Å². The highest BCUT2D eigenvalue weighted by atomic mass is 32.2. The Bertz CT molecular complexity index is 401. The summed E-state index contributed by atoms with van der Waals surface area (Å²) in [6.45, 7) is 7.86. The zero-order chi connectivity index (χ0) is 15.1. The molecule has 120 valence electrons. The van der Waals surface area contributed by atoms with Gasteiger partial charge in [-0.2, -0.15) is 0 Å². The number of nitrogens with zero attached hydrogens (tertiary/aromatic N) is 4. The molecule has 1 aromatic rings. The minimum atomic E-state index is 0.528. The summed E-state index contributed by atoms with van der Waals surface area (Å²) in [5, 5.41) is 16.8. The van der Waals surface area contributed by atoms with E-state index in [2.05, 4.69) is 41.6 Å². The van der Waals surface area contributed by atoms with Gasteiger partial charge in [-0.1, -0.05) is 38.5 Å². The van der Waals surface area contributed by atoms with E-state index in [1.54, 1.807) is 11.8 Å². The van der Waals surface area contributed by atoms with Crippen LogP contribution in [0.25, 0.3) is 0 Å². The average Bonchev–Trinajstić information content (AvgIpc) is 3.11. The van der Waals surface area contributed by atoms with Crippen LogP contribution in [-0.2, 0) is 0 Å². The molecule has 1 N–H and O–H groups in total. The minimum absolute atomic E-state index is 0.528. The van der Waals surface area contributed by atoms with Crippen LogP contribution in [0.15, 0.2) is 5.16 Å². The Morgan fingerprint density at radius 3 is 2.71 bits per heavy atom. The SMILES string of the molecule is CC(C)CCC(C)NCCSc1nnnn1C1CCCC1. The quantitative estimate of drug-likeness (QED) is 0.560. The van der Waals surface area contributed by atoms with Gasteiger partial charge in [0, 0.05) is 18.3 Å². The van der Waals surface area contributed by atoms with Crippen LogP contribution in [0, 0.1) is 5.92 Å². The normalized spacial score (nSPS) is 17.7. The number of thioether (sulfide) groups is 1. The highest BCUT2D eigenvalue weighted by Gasteiger charge is 2.21. The third-order valence-electron chi connectivity index (χ3n) is 4.14. The Morgan fingerprint density at radius 2 is 2.00 bits per heavy atom. The van der Waals surface area contributed by atoms with E-state index >= 15 is 0 Å². The molecule has 1 fully saturated rings. The van der Waals surface area contributed by atoms with Crippen LogP contribution >= 0.6 is 11.8 Å².